The van der Waals surface area contributed by atoms with E-state index in [1.807, 2.05) is 35.0 Å². The molecule has 146 valence electrons. The minimum Gasteiger partial charge on any atom is -0.497 e. The minimum atomic E-state index is -0.131. The van der Waals surface area contributed by atoms with Gasteiger partial charge in [0.25, 0.3) is 5.22 Å². The number of nitrogens with zero attached hydrogens (tertiary/aromatic N) is 4. The molecule has 1 aliphatic rings. The van der Waals surface area contributed by atoms with Gasteiger partial charge in [-0.3, -0.25) is 4.79 Å². The first-order valence-corrected chi connectivity index (χ1v) is 10.2. The quantitative estimate of drug-likeness (QED) is 0.604. The first-order valence-electron chi connectivity index (χ1n) is 9.17. The highest BCUT2D eigenvalue weighted by atomic mass is 32.2. The van der Waals surface area contributed by atoms with Crippen molar-refractivity contribution in [2.75, 3.05) is 18.2 Å². The highest BCUT2D eigenvalue weighted by Crippen LogP contribution is 2.31. The van der Waals surface area contributed by atoms with E-state index in [0.717, 1.165) is 30.0 Å². The van der Waals surface area contributed by atoms with Gasteiger partial charge in [0.2, 0.25) is 11.8 Å². The maximum Gasteiger partial charge on any atom is 0.277 e. The van der Waals surface area contributed by atoms with Gasteiger partial charge in [0.15, 0.2) is 0 Å². The lowest BCUT2D eigenvalue weighted by atomic mass is 10.2. The summed E-state index contributed by atoms with van der Waals surface area (Å²) in [5.74, 6) is 1.95. The number of carbonyl (C=O) groups excluding carboxylic acids is 1. The number of rotatable bonds is 7. The number of benzene rings is 1. The van der Waals surface area contributed by atoms with Crippen LogP contribution in [-0.2, 0) is 4.79 Å². The first kappa shape index (κ1) is 18.5. The van der Waals surface area contributed by atoms with Crippen LogP contribution in [0.4, 0.5) is 5.82 Å². The predicted octanol–water partition coefficient (Wildman–Crippen LogP) is 3.79. The van der Waals surface area contributed by atoms with Crippen LogP contribution in [-0.4, -0.2) is 38.7 Å². The van der Waals surface area contributed by atoms with Gasteiger partial charge in [0, 0.05) is 11.6 Å². The van der Waals surface area contributed by atoms with Crippen molar-refractivity contribution in [1.29, 1.82) is 0 Å². The Morgan fingerprint density at radius 2 is 2.04 bits per heavy atom. The van der Waals surface area contributed by atoms with Gasteiger partial charge >= 0.3 is 0 Å². The second-order valence-corrected chi connectivity index (χ2v) is 7.46. The van der Waals surface area contributed by atoms with Crippen LogP contribution in [0.5, 0.6) is 5.75 Å². The van der Waals surface area contributed by atoms with E-state index >= 15 is 0 Å². The van der Waals surface area contributed by atoms with E-state index in [0.29, 0.717) is 17.2 Å². The molecule has 8 nitrogen and oxygen atoms in total. The Kier molecular flexibility index (Phi) is 5.61. The number of hydrogen-bond donors (Lipinski definition) is 1. The third-order valence-corrected chi connectivity index (χ3v) is 5.50. The standard InChI is InChI=1S/C19H21N5O3S/c1-26-15-8-6-13(7-9-15)18-22-23-19(27-18)28-12-17(25)21-16-10-11-20-24(16)14-4-2-3-5-14/h6-11,14H,2-5,12H2,1H3,(H,21,25). The molecule has 0 atom stereocenters. The van der Waals surface area contributed by atoms with Crippen molar-refractivity contribution in [2.45, 2.75) is 36.9 Å². The van der Waals surface area contributed by atoms with Gasteiger partial charge < -0.3 is 14.5 Å². The van der Waals surface area contributed by atoms with Crippen LogP contribution in [0.25, 0.3) is 11.5 Å². The molecule has 1 aromatic carbocycles. The van der Waals surface area contributed by atoms with Crippen LogP contribution in [0.15, 0.2) is 46.2 Å². The van der Waals surface area contributed by atoms with Crippen molar-refractivity contribution in [3.8, 4) is 17.2 Å². The molecule has 1 saturated carbocycles. The number of carbonyl (C=O) groups is 1. The summed E-state index contributed by atoms with van der Waals surface area (Å²) in [7, 11) is 1.61. The smallest absolute Gasteiger partial charge is 0.277 e. The molecule has 1 fully saturated rings. The van der Waals surface area contributed by atoms with E-state index < -0.39 is 0 Å². The molecular formula is C19H21N5O3S. The zero-order valence-electron chi connectivity index (χ0n) is 15.5. The van der Waals surface area contributed by atoms with E-state index in [1.165, 1.54) is 24.6 Å². The molecule has 4 rings (SSSR count). The molecule has 0 saturated heterocycles. The normalized spacial score (nSPS) is 14.3. The first-order chi connectivity index (χ1) is 13.7. The van der Waals surface area contributed by atoms with Crippen LogP contribution in [0.3, 0.4) is 0 Å². The number of methoxy groups -OCH3 is 1. The van der Waals surface area contributed by atoms with Gasteiger partial charge in [-0.2, -0.15) is 5.10 Å². The van der Waals surface area contributed by atoms with Crippen LogP contribution in [0, 0.1) is 0 Å². The Balaban J connectivity index is 1.33. The predicted molar refractivity (Wildman–Crippen MR) is 105 cm³/mol. The largest absolute Gasteiger partial charge is 0.497 e. The molecular weight excluding hydrogens is 378 g/mol. The number of thioether (sulfide) groups is 1. The van der Waals surface area contributed by atoms with Crippen molar-refractivity contribution in [3.63, 3.8) is 0 Å². The Bertz CT molecular complexity index is 931. The van der Waals surface area contributed by atoms with Gasteiger partial charge in [-0.25, -0.2) is 4.68 Å². The van der Waals surface area contributed by atoms with Crippen LogP contribution >= 0.6 is 11.8 Å². The number of amides is 1. The molecule has 0 aliphatic heterocycles. The van der Waals surface area contributed by atoms with Gasteiger partial charge in [-0.15, -0.1) is 10.2 Å². The summed E-state index contributed by atoms with van der Waals surface area (Å²) in [5.41, 5.74) is 0.796. The maximum absolute atomic E-state index is 12.3. The van der Waals surface area contributed by atoms with E-state index in [9.17, 15) is 4.79 Å². The molecule has 0 unspecified atom stereocenters. The number of nitrogens with one attached hydrogen (secondary N) is 1. The van der Waals surface area contributed by atoms with E-state index in [2.05, 4.69) is 20.6 Å². The van der Waals surface area contributed by atoms with Crippen molar-refractivity contribution in [1.82, 2.24) is 20.0 Å². The fourth-order valence-electron chi connectivity index (χ4n) is 3.28. The minimum absolute atomic E-state index is 0.131. The lowest BCUT2D eigenvalue weighted by molar-refractivity contribution is -0.113. The van der Waals surface area contributed by atoms with Crippen molar-refractivity contribution < 1.29 is 13.9 Å². The molecule has 1 N–H and O–H groups in total. The van der Waals surface area contributed by atoms with Gasteiger partial charge in [-0.1, -0.05) is 24.6 Å². The summed E-state index contributed by atoms with van der Waals surface area (Å²) >= 11 is 1.20. The molecule has 0 radical (unpaired) electrons. The molecule has 1 aliphatic carbocycles. The van der Waals surface area contributed by atoms with Crippen molar-refractivity contribution >= 4 is 23.5 Å². The third kappa shape index (κ3) is 4.19. The van der Waals surface area contributed by atoms with Gasteiger partial charge in [-0.05, 0) is 37.1 Å². The monoisotopic (exact) mass is 399 g/mol. The molecule has 9 heteroatoms. The topological polar surface area (TPSA) is 95.1 Å². The summed E-state index contributed by atoms with van der Waals surface area (Å²) in [5, 5.41) is 15.7. The molecule has 1 amide bonds. The zero-order chi connectivity index (χ0) is 19.3. The maximum atomic E-state index is 12.3. The van der Waals surface area contributed by atoms with Gasteiger partial charge in [0.05, 0.1) is 25.1 Å². The molecule has 28 heavy (non-hydrogen) atoms. The SMILES string of the molecule is COc1ccc(-c2nnc(SCC(=O)Nc3ccnn3C3CCCC3)o2)cc1. The lowest BCUT2D eigenvalue weighted by Crippen LogP contribution is -2.19. The molecule has 3 aromatic rings. The second kappa shape index (κ2) is 8.47. The molecule has 0 bridgehead atoms. The Hall–Kier alpha value is -2.81. The molecule has 2 aromatic heterocycles. The Morgan fingerprint density at radius 1 is 1.25 bits per heavy atom. The lowest BCUT2D eigenvalue weighted by Gasteiger charge is -2.14. The highest BCUT2D eigenvalue weighted by molar-refractivity contribution is 7.99. The van der Waals surface area contributed by atoms with Crippen LogP contribution < -0.4 is 10.1 Å². The fraction of sp³-hybridized carbons (Fsp3) is 0.368. The summed E-state index contributed by atoms with van der Waals surface area (Å²) in [6, 6.07) is 9.55. The fourth-order valence-corrected chi connectivity index (χ4v) is 3.84. The molecule has 0 spiro atoms. The second-order valence-electron chi connectivity index (χ2n) is 6.54. The summed E-state index contributed by atoms with van der Waals surface area (Å²) < 4.78 is 12.7. The van der Waals surface area contributed by atoms with E-state index in [4.69, 9.17) is 9.15 Å². The zero-order valence-corrected chi connectivity index (χ0v) is 16.3. The number of hydrogen-bond acceptors (Lipinski definition) is 7. The average molecular weight is 399 g/mol. The van der Waals surface area contributed by atoms with Crippen LogP contribution in [0.1, 0.15) is 31.7 Å². The number of anilines is 1. The molecule has 2 heterocycles. The number of aromatic nitrogens is 4. The van der Waals surface area contributed by atoms with Crippen molar-refractivity contribution in [3.05, 3.63) is 36.5 Å². The summed E-state index contributed by atoms with van der Waals surface area (Å²) in [4.78, 5) is 12.3. The number of ether oxygens (including phenoxy) is 1. The third-order valence-electron chi connectivity index (χ3n) is 4.68. The van der Waals surface area contributed by atoms with Gasteiger partial charge in [0.1, 0.15) is 11.6 Å². The van der Waals surface area contributed by atoms with Crippen LogP contribution in [0.2, 0.25) is 0 Å². The Labute approximate surface area is 166 Å². The van der Waals surface area contributed by atoms with E-state index in [1.54, 1.807) is 13.3 Å². The Morgan fingerprint density at radius 3 is 2.79 bits per heavy atom. The van der Waals surface area contributed by atoms with Crippen molar-refractivity contribution in [2.24, 2.45) is 0 Å². The highest BCUT2D eigenvalue weighted by Gasteiger charge is 2.20. The summed E-state index contributed by atoms with van der Waals surface area (Å²) in [6.07, 6.45) is 6.36. The average Bonchev–Trinajstić information content (AvgIpc) is 3.47. The van der Waals surface area contributed by atoms with E-state index in [-0.39, 0.29) is 11.7 Å². The summed E-state index contributed by atoms with van der Waals surface area (Å²) in [6.45, 7) is 0.